The maximum Gasteiger partial charge on any atom is 0.248 e. The second kappa shape index (κ2) is 28.6. The minimum absolute atomic E-state index is 0.0227. The van der Waals surface area contributed by atoms with Crippen molar-refractivity contribution in [3.63, 3.8) is 0 Å². The summed E-state index contributed by atoms with van der Waals surface area (Å²) in [4.78, 5) is 101. The monoisotopic (exact) mass is 955 g/mol. The standard InChI is InChI=1S/C50H82N8O10/c1-5-32(3)29-33(4)15-11-9-7-8-10-12-18-43(62)53-39-30-36(60)31-52-47(65)40-16-13-28-58(40)50(68)44(42(61)25-26-51)56-45(63)38(24-21-34-19-22-35(59)23-20-34)55-48(66)41-17-14-27-57(41)49(67)37(6-2)54-46(39)64/h19-20,22-23,32-33,36-42,44,59-61H,5-18,21,24-31,51H2,1-4H3,(H,52,65)(H,53,62)(H,54,64)(H,55,66)(H,56,63)/t32-,33+,36+,37-,38-,39-,40?,41-,42+,44-/m0/s1. The van der Waals surface area contributed by atoms with Crippen molar-refractivity contribution in [2.24, 2.45) is 17.6 Å². The first-order chi connectivity index (χ1) is 32.6. The van der Waals surface area contributed by atoms with Crippen LogP contribution in [0.3, 0.4) is 0 Å². The van der Waals surface area contributed by atoms with E-state index in [0.29, 0.717) is 25.2 Å². The molecule has 1 aromatic rings. The van der Waals surface area contributed by atoms with Gasteiger partial charge in [0, 0.05) is 32.5 Å². The molecule has 18 nitrogen and oxygen atoms in total. The number of phenolic OH excluding ortho intramolecular Hbond substituents is 1. The van der Waals surface area contributed by atoms with E-state index < -0.39 is 89.8 Å². The van der Waals surface area contributed by atoms with E-state index in [4.69, 9.17) is 5.73 Å². The van der Waals surface area contributed by atoms with Gasteiger partial charge >= 0.3 is 0 Å². The predicted molar refractivity (Wildman–Crippen MR) is 257 cm³/mol. The molecule has 3 aliphatic heterocycles. The highest BCUT2D eigenvalue weighted by atomic mass is 16.3. The number of amides is 7. The normalized spacial score (nSPS) is 26.1. The number of nitrogens with two attached hydrogens (primary N) is 1. The molecule has 7 amide bonds. The third-order valence-corrected chi connectivity index (χ3v) is 13.9. The van der Waals surface area contributed by atoms with Gasteiger partial charge in [0.25, 0.3) is 0 Å². The van der Waals surface area contributed by atoms with Crippen molar-refractivity contribution in [1.82, 2.24) is 36.4 Å². The van der Waals surface area contributed by atoms with Crippen LogP contribution in [0.5, 0.6) is 5.75 Å². The number of benzene rings is 1. The number of carbonyl (C=O) groups is 7. The van der Waals surface area contributed by atoms with E-state index in [1.54, 1.807) is 19.1 Å². The first-order valence-electron chi connectivity index (χ1n) is 25.5. The largest absolute Gasteiger partial charge is 0.508 e. The summed E-state index contributed by atoms with van der Waals surface area (Å²) >= 11 is 0. The zero-order valence-electron chi connectivity index (χ0n) is 41.0. The van der Waals surface area contributed by atoms with Crippen LogP contribution in [0.2, 0.25) is 0 Å². The Morgan fingerprint density at radius 1 is 0.779 bits per heavy atom. The van der Waals surface area contributed by atoms with Crippen molar-refractivity contribution in [3.8, 4) is 5.75 Å². The van der Waals surface area contributed by atoms with Crippen LogP contribution in [-0.2, 0) is 40.0 Å². The van der Waals surface area contributed by atoms with Crippen molar-refractivity contribution < 1.29 is 48.9 Å². The van der Waals surface area contributed by atoms with Crippen LogP contribution in [-0.4, -0.2) is 141 Å². The van der Waals surface area contributed by atoms with Gasteiger partial charge in [-0.1, -0.05) is 84.8 Å². The quantitative estimate of drug-likeness (QED) is 0.0857. The Balaban J connectivity index is 1.54. The Bertz CT molecular complexity index is 1800. The lowest BCUT2D eigenvalue weighted by molar-refractivity contribution is -0.145. The molecule has 3 heterocycles. The number of phenols is 1. The average Bonchev–Trinajstić information content (AvgIpc) is 4.02. The summed E-state index contributed by atoms with van der Waals surface area (Å²) in [5, 5.41) is 46.0. The number of rotatable bonds is 20. The summed E-state index contributed by atoms with van der Waals surface area (Å²) in [6.45, 7) is 8.54. The lowest BCUT2D eigenvalue weighted by Crippen LogP contribution is -2.61. The Kier molecular flexibility index (Phi) is 23.5. The van der Waals surface area contributed by atoms with Crippen LogP contribution in [0, 0.1) is 11.8 Å². The van der Waals surface area contributed by atoms with Crippen molar-refractivity contribution in [1.29, 1.82) is 0 Å². The van der Waals surface area contributed by atoms with Gasteiger partial charge in [-0.15, -0.1) is 0 Å². The molecule has 382 valence electrons. The summed E-state index contributed by atoms with van der Waals surface area (Å²) in [7, 11) is 0. The number of aliphatic hydroxyl groups is 2. The van der Waals surface area contributed by atoms with E-state index in [0.717, 1.165) is 37.2 Å². The number of β-amino-alcohol motifs (C(OH)–C–C–N with tert-alkyl or cyclic N) is 1. The van der Waals surface area contributed by atoms with Crippen molar-refractivity contribution >= 4 is 41.4 Å². The van der Waals surface area contributed by atoms with Crippen molar-refractivity contribution in [2.45, 2.75) is 198 Å². The Labute approximate surface area is 403 Å². The molecule has 1 unspecified atom stereocenters. The van der Waals surface area contributed by atoms with Crippen LogP contribution in [0.25, 0.3) is 0 Å². The summed E-state index contributed by atoms with van der Waals surface area (Å²) < 4.78 is 0. The van der Waals surface area contributed by atoms with Gasteiger partial charge in [0.05, 0.1) is 12.2 Å². The number of hydrogen-bond donors (Lipinski definition) is 9. The second-order valence-corrected chi connectivity index (χ2v) is 19.5. The molecule has 0 aromatic heterocycles. The fourth-order valence-electron chi connectivity index (χ4n) is 9.67. The highest BCUT2D eigenvalue weighted by Crippen LogP contribution is 2.24. The molecule has 4 rings (SSSR count). The molecule has 0 aliphatic carbocycles. The summed E-state index contributed by atoms with van der Waals surface area (Å²) in [6, 6.07) is -0.870. The number of aromatic hydroxyl groups is 1. The van der Waals surface area contributed by atoms with Crippen molar-refractivity contribution in [2.75, 3.05) is 26.2 Å². The average molecular weight is 955 g/mol. The molecule has 0 saturated carbocycles. The molecule has 3 fully saturated rings. The van der Waals surface area contributed by atoms with Gasteiger partial charge in [-0.3, -0.25) is 33.6 Å². The van der Waals surface area contributed by atoms with E-state index in [1.807, 2.05) is 0 Å². The molecule has 1 aromatic carbocycles. The molecule has 3 aliphatic rings. The fraction of sp³-hybridized carbons (Fsp3) is 0.740. The van der Waals surface area contributed by atoms with Gasteiger partial charge in [-0.05, 0) is 100 Å². The molecule has 3 saturated heterocycles. The highest BCUT2D eigenvalue weighted by Gasteiger charge is 2.43. The van der Waals surface area contributed by atoms with Crippen LogP contribution >= 0.6 is 0 Å². The Hall–Kier alpha value is -4.81. The summed E-state index contributed by atoms with van der Waals surface area (Å²) in [5.74, 6) is -2.87. The highest BCUT2D eigenvalue weighted by molar-refractivity contribution is 5.97. The maximum atomic E-state index is 14.3. The first kappa shape index (κ1) is 55.8. The number of nitrogens with zero attached hydrogens (tertiary/aromatic N) is 2. The number of aliphatic hydroxyl groups excluding tert-OH is 2. The Morgan fingerprint density at radius 3 is 2.04 bits per heavy atom. The molecule has 18 heteroatoms. The van der Waals surface area contributed by atoms with Crippen LogP contribution in [0.4, 0.5) is 0 Å². The number of nitrogens with one attached hydrogen (secondary N) is 5. The number of carbonyl (C=O) groups excluding carboxylic acids is 7. The van der Waals surface area contributed by atoms with Gasteiger partial charge < -0.3 is 57.4 Å². The van der Waals surface area contributed by atoms with Crippen LogP contribution < -0.4 is 32.3 Å². The predicted octanol–water partition coefficient (Wildman–Crippen LogP) is 2.44. The number of unbranched alkanes of at least 4 members (excludes halogenated alkanes) is 5. The molecule has 0 spiro atoms. The second-order valence-electron chi connectivity index (χ2n) is 19.5. The topological polar surface area (TPSA) is 273 Å². The number of aryl methyl sites for hydroxylation is 1. The lowest BCUT2D eigenvalue weighted by atomic mass is 9.91. The molecule has 10 N–H and O–H groups in total. The third-order valence-electron chi connectivity index (χ3n) is 13.9. The van der Waals surface area contributed by atoms with Gasteiger partial charge in [0.15, 0.2) is 0 Å². The van der Waals surface area contributed by atoms with Gasteiger partial charge in [0.1, 0.15) is 42.0 Å². The van der Waals surface area contributed by atoms with Crippen LogP contribution in [0.15, 0.2) is 24.3 Å². The maximum absolute atomic E-state index is 14.3. The van der Waals surface area contributed by atoms with E-state index in [-0.39, 0.29) is 83.3 Å². The zero-order chi connectivity index (χ0) is 49.8. The number of hydrogen-bond acceptors (Lipinski definition) is 11. The Morgan fingerprint density at radius 2 is 1.40 bits per heavy atom. The van der Waals surface area contributed by atoms with Gasteiger partial charge in [-0.2, -0.15) is 0 Å². The smallest absolute Gasteiger partial charge is 0.248 e. The fourth-order valence-corrected chi connectivity index (χ4v) is 9.67. The molecule has 10 atom stereocenters. The minimum Gasteiger partial charge on any atom is -0.508 e. The van der Waals surface area contributed by atoms with Gasteiger partial charge in [0.2, 0.25) is 41.4 Å². The molecular weight excluding hydrogens is 873 g/mol. The lowest BCUT2D eigenvalue weighted by Gasteiger charge is -2.32. The van der Waals surface area contributed by atoms with Crippen molar-refractivity contribution in [3.05, 3.63) is 29.8 Å². The van der Waals surface area contributed by atoms with E-state index in [1.165, 1.54) is 47.6 Å². The first-order valence-corrected chi connectivity index (χ1v) is 25.5. The summed E-state index contributed by atoms with van der Waals surface area (Å²) in [6.07, 6.45) is 8.37. The van der Waals surface area contributed by atoms with E-state index >= 15 is 0 Å². The molecule has 0 radical (unpaired) electrons. The zero-order valence-corrected chi connectivity index (χ0v) is 41.0. The number of fused-ring (bicyclic) bond motifs is 2. The van der Waals surface area contributed by atoms with E-state index in [2.05, 4.69) is 47.4 Å². The third kappa shape index (κ3) is 17.3. The SMILES string of the molecule is CC[C@H](C)C[C@H](C)CCCCCCCCC(=O)N[C@H]1C[C@@H](O)CNC(=O)C2CCCN2C(=O)[C@H]([C@H](O)CCN)NC(=O)[C@H](CCc2ccc(O)cc2)NC(=O)[C@@H]2CCCN2C(=O)[C@H](CC)NC1=O. The molecule has 68 heavy (non-hydrogen) atoms. The minimum atomic E-state index is -1.54. The molecular formula is C50H82N8O10. The van der Waals surface area contributed by atoms with E-state index in [9.17, 15) is 48.9 Å². The van der Waals surface area contributed by atoms with Crippen LogP contribution in [0.1, 0.15) is 149 Å². The van der Waals surface area contributed by atoms with Gasteiger partial charge in [-0.25, -0.2) is 0 Å². The molecule has 0 bridgehead atoms. The summed E-state index contributed by atoms with van der Waals surface area (Å²) in [5.41, 5.74) is 6.52.